The van der Waals surface area contributed by atoms with Crippen LogP contribution in [0.5, 0.6) is 0 Å². The molecular weight excluding hydrogens is 273 g/mol. The van der Waals surface area contributed by atoms with E-state index >= 15 is 0 Å². The molecule has 0 saturated heterocycles. The van der Waals surface area contributed by atoms with Crippen molar-refractivity contribution in [3.05, 3.63) is 35.4 Å². The highest BCUT2D eigenvalue weighted by Gasteiger charge is 2.38. The third-order valence-corrected chi connectivity index (χ3v) is 2.25. The van der Waals surface area contributed by atoms with Gasteiger partial charge >= 0.3 is 6.18 Å². The summed E-state index contributed by atoms with van der Waals surface area (Å²) >= 11 is 3.22. The monoisotopic (exact) mass is 280 g/mol. The van der Waals surface area contributed by atoms with Gasteiger partial charge in [0, 0.05) is 10.9 Å². The smallest absolute Gasteiger partial charge is 0.284 e. The van der Waals surface area contributed by atoms with E-state index in [2.05, 4.69) is 15.9 Å². The Hall–Kier alpha value is -0.840. The van der Waals surface area contributed by atoms with Crippen LogP contribution in [0.1, 0.15) is 15.9 Å². The van der Waals surface area contributed by atoms with Gasteiger partial charge in [0.1, 0.15) is 0 Å². The minimum atomic E-state index is -4.79. The molecular formula is C10H8BrF3O. The van der Waals surface area contributed by atoms with Gasteiger partial charge in [-0.3, -0.25) is 4.79 Å². The second-order valence-electron chi connectivity index (χ2n) is 2.96. The van der Waals surface area contributed by atoms with Crippen molar-refractivity contribution < 1.29 is 18.0 Å². The molecule has 0 aliphatic rings. The first-order valence-corrected chi connectivity index (χ1v) is 5.33. The van der Waals surface area contributed by atoms with E-state index in [1.807, 2.05) is 0 Å². The predicted octanol–water partition coefficient (Wildman–Crippen LogP) is 3.37. The molecule has 0 radical (unpaired) electrons. The third-order valence-electron chi connectivity index (χ3n) is 1.86. The molecule has 0 amide bonds. The Kier molecular flexibility index (Phi) is 3.90. The van der Waals surface area contributed by atoms with Gasteiger partial charge in [0.15, 0.2) is 0 Å². The molecule has 0 heterocycles. The Balaban J connectivity index is 2.85. The zero-order valence-corrected chi connectivity index (χ0v) is 9.23. The minimum absolute atomic E-state index is 0.319. The van der Waals surface area contributed by atoms with E-state index in [4.69, 9.17) is 0 Å². The fraction of sp³-hybridized carbons (Fsp3) is 0.300. The molecule has 0 aromatic heterocycles. The average molecular weight is 281 g/mol. The molecule has 5 heteroatoms. The molecule has 0 saturated carbocycles. The highest BCUT2D eigenvalue weighted by atomic mass is 79.9. The van der Waals surface area contributed by atoms with Gasteiger partial charge in [-0.15, -0.1) is 0 Å². The highest BCUT2D eigenvalue weighted by molar-refractivity contribution is 9.09. The maximum atomic E-state index is 12.0. The number of aryl methyl sites for hydroxylation is 1. The van der Waals surface area contributed by atoms with Crippen LogP contribution in [0.3, 0.4) is 0 Å². The highest BCUT2D eigenvalue weighted by Crippen LogP contribution is 2.21. The van der Waals surface area contributed by atoms with Gasteiger partial charge in [-0.1, -0.05) is 40.2 Å². The lowest BCUT2D eigenvalue weighted by Crippen LogP contribution is -2.22. The molecule has 1 aromatic rings. The largest absolute Gasteiger partial charge is 0.454 e. The van der Waals surface area contributed by atoms with Crippen molar-refractivity contribution in [2.45, 2.75) is 12.6 Å². The van der Waals surface area contributed by atoms with Crippen LogP contribution in [0.2, 0.25) is 0 Å². The summed E-state index contributed by atoms with van der Waals surface area (Å²) < 4.78 is 36.1. The maximum absolute atomic E-state index is 12.0. The van der Waals surface area contributed by atoms with Crippen LogP contribution < -0.4 is 0 Å². The first kappa shape index (κ1) is 12.2. The molecule has 0 spiro atoms. The molecule has 0 aliphatic carbocycles. The van der Waals surface area contributed by atoms with Gasteiger partial charge in [-0.05, 0) is 12.0 Å². The van der Waals surface area contributed by atoms with Crippen molar-refractivity contribution in [1.82, 2.24) is 0 Å². The number of rotatable bonds is 3. The van der Waals surface area contributed by atoms with E-state index in [-0.39, 0.29) is 5.56 Å². The van der Waals surface area contributed by atoms with Crippen molar-refractivity contribution in [3.8, 4) is 0 Å². The predicted molar refractivity (Wildman–Crippen MR) is 54.3 cm³/mol. The Morgan fingerprint density at radius 1 is 1.20 bits per heavy atom. The summed E-state index contributed by atoms with van der Waals surface area (Å²) in [6, 6.07) is 5.46. The molecule has 82 valence electrons. The fourth-order valence-corrected chi connectivity index (χ4v) is 1.55. The van der Waals surface area contributed by atoms with Crippen molar-refractivity contribution in [1.29, 1.82) is 0 Å². The summed E-state index contributed by atoms with van der Waals surface area (Å²) in [5, 5.41) is 0.736. The fourth-order valence-electron chi connectivity index (χ4n) is 1.10. The number of carbonyl (C=O) groups excluding carboxylic acids is 1. The van der Waals surface area contributed by atoms with Crippen LogP contribution in [0.15, 0.2) is 24.3 Å². The first-order valence-electron chi connectivity index (χ1n) is 4.21. The Morgan fingerprint density at radius 2 is 1.73 bits per heavy atom. The lowest BCUT2D eigenvalue weighted by Gasteiger charge is -2.05. The number of Topliss-reactive ketones (excluding diaryl/α,β-unsaturated/α-hetero) is 1. The van der Waals surface area contributed by atoms with E-state index in [1.54, 1.807) is 0 Å². The van der Waals surface area contributed by atoms with Crippen LogP contribution in [-0.2, 0) is 6.42 Å². The molecule has 1 aromatic carbocycles. The van der Waals surface area contributed by atoms with Crippen LogP contribution in [0, 0.1) is 0 Å². The molecule has 0 unspecified atom stereocenters. The molecule has 0 atom stereocenters. The van der Waals surface area contributed by atoms with Gasteiger partial charge in [-0.25, -0.2) is 0 Å². The third kappa shape index (κ3) is 3.34. The normalized spacial score (nSPS) is 11.5. The Bertz CT molecular complexity index is 343. The number of halogens is 4. The summed E-state index contributed by atoms with van der Waals surface area (Å²) in [4.78, 5) is 10.8. The van der Waals surface area contributed by atoms with Crippen molar-refractivity contribution in [2.75, 3.05) is 5.33 Å². The maximum Gasteiger partial charge on any atom is 0.454 e. The molecule has 0 fully saturated rings. The number of benzene rings is 1. The Morgan fingerprint density at radius 3 is 2.13 bits per heavy atom. The minimum Gasteiger partial charge on any atom is -0.284 e. The van der Waals surface area contributed by atoms with Gasteiger partial charge in [0.2, 0.25) is 0 Å². The second-order valence-corrected chi connectivity index (χ2v) is 3.76. The van der Waals surface area contributed by atoms with Crippen LogP contribution in [-0.4, -0.2) is 17.3 Å². The SMILES string of the molecule is O=C(c1ccc(CCBr)cc1)C(F)(F)F. The molecule has 0 N–H and O–H groups in total. The topological polar surface area (TPSA) is 17.1 Å². The van der Waals surface area contributed by atoms with E-state index in [0.29, 0.717) is 0 Å². The molecule has 1 nitrogen and oxygen atoms in total. The number of hydrogen-bond acceptors (Lipinski definition) is 1. The summed E-state index contributed by atoms with van der Waals surface area (Å²) in [7, 11) is 0. The summed E-state index contributed by atoms with van der Waals surface area (Å²) in [5.74, 6) is -1.80. The standard InChI is InChI=1S/C10H8BrF3O/c11-6-5-7-1-3-8(4-2-7)9(15)10(12,13)14/h1-4H,5-6H2. The zero-order valence-electron chi connectivity index (χ0n) is 7.64. The quantitative estimate of drug-likeness (QED) is 0.613. The lowest BCUT2D eigenvalue weighted by atomic mass is 10.1. The molecule has 0 aliphatic heterocycles. The van der Waals surface area contributed by atoms with E-state index in [0.717, 1.165) is 17.3 Å². The molecule has 15 heavy (non-hydrogen) atoms. The average Bonchev–Trinajstić information content (AvgIpc) is 2.17. The van der Waals surface area contributed by atoms with Crippen LogP contribution in [0.4, 0.5) is 13.2 Å². The molecule has 0 bridgehead atoms. The first-order chi connectivity index (χ1) is 6.95. The van der Waals surface area contributed by atoms with Gasteiger partial charge in [0.05, 0.1) is 0 Å². The van der Waals surface area contributed by atoms with Crippen molar-refractivity contribution in [2.24, 2.45) is 0 Å². The van der Waals surface area contributed by atoms with Crippen molar-refractivity contribution in [3.63, 3.8) is 0 Å². The van der Waals surface area contributed by atoms with Gasteiger partial charge in [0.25, 0.3) is 5.78 Å². The van der Waals surface area contributed by atoms with Crippen LogP contribution in [0.25, 0.3) is 0 Å². The van der Waals surface area contributed by atoms with Gasteiger partial charge in [-0.2, -0.15) is 13.2 Å². The van der Waals surface area contributed by atoms with Crippen LogP contribution >= 0.6 is 15.9 Å². The lowest BCUT2D eigenvalue weighted by molar-refractivity contribution is -0.0885. The second kappa shape index (κ2) is 4.79. The van der Waals surface area contributed by atoms with Gasteiger partial charge < -0.3 is 0 Å². The van der Waals surface area contributed by atoms with E-state index < -0.39 is 12.0 Å². The van der Waals surface area contributed by atoms with Crippen molar-refractivity contribution >= 4 is 21.7 Å². The number of hydrogen-bond donors (Lipinski definition) is 0. The summed E-state index contributed by atoms with van der Waals surface area (Å²) in [6.07, 6.45) is -4.07. The number of carbonyl (C=O) groups is 1. The Labute approximate surface area is 93.4 Å². The number of alkyl halides is 4. The van der Waals surface area contributed by atoms with E-state index in [9.17, 15) is 18.0 Å². The summed E-state index contributed by atoms with van der Waals surface area (Å²) in [6.45, 7) is 0. The number of ketones is 1. The summed E-state index contributed by atoms with van der Waals surface area (Å²) in [5.41, 5.74) is 0.575. The van der Waals surface area contributed by atoms with E-state index in [1.165, 1.54) is 24.3 Å². The zero-order chi connectivity index (χ0) is 11.5. The molecule has 1 rings (SSSR count).